The van der Waals surface area contributed by atoms with E-state index in [1.54, 1.807) is 4.90 Å². The first kappa shape index (κ1) is 27.2. The predicted molar refractivity (Wildman–Crippen MR) is 141 cm³/mol. The highest BCUT2D eigenvalue weighted by molar-refractivity contribution is 6.74. The third-order valence-corrected chi connectivity index (χ3v) is 12.3. The van der Waals surface area contributed by atoms with E-state index in [2.05, 4.69) is 61.6 Å². The SMILES string of the molecule is CC(C)(C)OC(=O)N1CCc2c1ccc(B1OC(C)(C)C(C)(C)O1)c2CO[Si](C)(C)C(C)(C)C. The fraction of sp³-hybridized carbons (Fsp3) is 0.731. The minimum atomic E-state index is -2.00. The summed E-state index contributed by atoms with van der Waals surface area (Å²) in [5.41, 5.74) is 2.67. The molecular weight excluding hydrogens is 445 g/mol. The molecule has 34 heavy (non-hydrogen) atoms. The highest BCUT2D eigenvalue weighted by Gasteiger charge is 2.52. The van der Waals surface area contributed by atoms with Crippen molar-refractivity contribution in [2.24, 2.45) is 0 Å². The lowest BCUT2D eigenvalue weighted by Crippen LogP contribution is -2.42. The van der Waals surface area contributed by atoms with Crippen molar-refractivity contribution in [3.05, 3.63) is 23.3 Å². The first-order chi connectivity index (χ1) is 15.3. The van der Waals surface area contributed by atoms with Gasteiger partial charge in [-0.2, -0.15) is 0 Å². The topological polar surface area (TPSA) is 57.2 Å². The molecule has 2 aliphatic heterocycles. The second-order valence-electron chi connectivity index (χ2n) is 13.2. The number of carbonyl (C=O) groups is 1. The van der Waals surface area contributed by atoms with Gasteiger partial charge >= 0.3 is 13.2 Å². The molecule has 2 aliphatic rings. The Balaban J connectivity index is 2.02. The van der Waals surface area contributed by atoms with Crippen molar-refractivity contribution in [3.8, 4) is 0 Å². The van der Waals surface area contributed by atoms with Gasteiger partial charge in [0.15, 0.2) is 8.32 Å². The van der Waals surface area contributed by atoms with Crippen molar-refractivity contribution in [2.45, 2.75) is 117 Å². The highest BCUT2D eigenvalue weighted by atomic mass is 28.4. The lowest BCUT2D eigenvalue weighted by Gasteiger charge is -2.36. The Morgan fingerprint density at radius 3 is 2.12 bits per heavy atom. The van der Waals surface area contributed by atoms with Gasteiger partial charge in [0.05, 0.1) is 23.5 Å². The molecule has 0 unspecified atom stereocenters. The minimum absolute atomic E-state index is 0.0952. The summed E-state index contributed by atoms with van der Waals surface area (Å²) in [5.74, 6) is 0. The molecule has 3 rings (SSSR count). The number of nitrogens with zero attached hydrogens (tertiary/aromatic N) is 1. The largest absolute Gasteiger partial charge is 0.495 e. The third kappa shape index (κ3) is 5.25. The van der Waals surface area contributed by atoms with Gasteiger partial charge in [0.25, 0.3) is 0 Å². The molecule has 2 heterocycles. The Morgan fingerprint density at radius 1 is 1.06 bits per heavy atom. The van der Waals surface area contributed by atoms with Crippen LogP contribution < -0.4 is 10.4 Å². The summed E-state index contributed by atoms with van der Waals surface area (Å²) in [6, 6.07) is 4.04. The van der Waals surface area contributed by atoms with Crippen LogP contribution >= 0.6 is 0 Å². The molecule has 1 saturated heterocycles. The summed E-state index contributed by atoms with van der Waals surface area (Å²) in [7, 11) is -2.48. The molecule has 0 radical (unpaired) electrons. The summed E-state index contributed by atoms with van der Waals surface area (Å²) >= 11 is 0. The summed E-state index contributed by atoms with van der Waals surface area (Å²) in [6.07, 6.45) is 0.434. The van der Waals surface area contributed by atoms with Gasteiger partial charge < -0.3 is 18.5 Å². The van der Waals surface area contributed by atoms with Crippen LogP contribution in [0.2, 0.25) is 18.1 Å². The molecule has 0 aromatic heterocycles. The molecule has 1 amide bonds. The van der Waals surface area contributed by atoms with E-state index in [9.17, 15) is 4.79 Å². The van der Waals surface area contributed by atoms with Gasteiger partial charge in [-0.05, 0) is 95.7 Å². The van der Waals surface area contributed by atoms with Crippen LogP contribution in [0, 0.1) is 0 Å². The van der Waals surface area contributed by atoms with E-state index in [1.165, 1.54) is 0 Å². The van der Waals surface area contributed by atoms with E-state index in [4.69, 9.17) is 18.5 Å². The zero-order valence-electron chi connectivity index (χ0n) is 23.3. The molecule has 0 saturated carbocycles. The third-order valence-electron chi connectivity index (χ3n) is 7.82. The van der Waals surface area contributed by atoms with Gasteiger partial charge in [-0.15, -0.1) is 0 Å². The van der Waals surface area contributed by atoms with Gasteiger partial charge in [-0.3, -0.25) is 4.90 Å². The second-order valence-corrected chi connectivity index (χ2v) is 18.0. The lowest BCUT2D eigenvalue weighted by molar-refractivity contribution is 0.00578. The predicted octanol–water partition coefficient (Wildman–Crippen LogP) is 5.81. The number of anilines is 1. The quantitative estimate of drug-likeness (QED) is 0.500. The normalized spacial score (nSPS) is 20.0. The lowest BCUT2D eigenvalue weighted by atomic mass is 9.74. The summed E-state index contributed by atoms with van der Waals surface area (Å²) < 4.78 is 25.2. The van der Waals surface area contributed by atoms with E-state index < -0.39 is 32.2 Å². The fourth-order valence-electron chi connectivity index (χ4n) is 3.91. The van der Waals surface area contributed by atoms with E-state index >= 15 is 0 Å². The van der Waals surface area contributed by atoms with Gasteiger partial charge in [-0.1, -0.05) is 26.8 Å². The number of carbonyl (C=O) groups excluding carboxylic acids is 1. The summed E-state index contributed by atoms with van der Waals surface area (Å²) in [4.78, 5) is 14.7. The Bertz CT molecular complexity index is 930. The van der Waals surface area contributed by atoms with Crippen LogP contribution in [-0.2, 0) is 31.5 Å². The number of hydrogen-bond acceptors (Lipinski definition) is 5. The number of ether oxygens (including phenoxy) is 1. The highest BCUT2D eigenvalue weighted by Crippen LogP contribution is 2.40. The average molecular weight is 490 g/mol. The summed E-state index contributed by atoms with van der Waals surface area (Å²) in [5, 5.41) is 0.0952. The van der Waals surface area contributed by atoms with Crippen molar-refractivity contribution in [3.63, 3.8) is 0 Å². The Hall–Kier alpha value is -1.35. The first-order valence-electron chi connectivity index (χ1n) is 12.4. The zero-order chi connectivity index (χ0) is 25.9. The molecule has 1 fully saturated rings. The number of amides is 1. The van der Waals surface area contributed by atoms with Crippen LogP contribution in [-0.4, -0.2) is 44.9 Å². The molecule has 0 N–H and O–H groups in total. The van der Waals surface area contributed by atoms with Crippen LogP contribution in [0.4, 0.5) is 10.5 Å². The van der Waals surface area contributed by atoms with Gasteiger partial charge in [0.1, 0.15) is 5.60 Å². The van der Waals surface area contributed by atoms with E-state index in [-0.39, 0.29) is 11.1 Å². The molecule has 1 aromatic carbocycles. The van der Waals surface area contributed by atoms with Crippen LogP contribution in [0.1, 0.15) is 80.4 Å². The molecule has 190 valence electrons. The maximum Gasteiger partial charge on any atom is 0.495 e. The Morgan fingerprint density at radius 2 is 1.62 bits per heavy atom. The van der Waals surface area contributed by atoms with Crippen molar-refractivity contribution >= 4 is 32.7 Å². The fourth-order valence-corrected chi connectivity index (χ4v) is 4.85. The number of rotatable bonds is 4. The number of hydrogen-bond donors (Lipinski definition) is 0. The standard InChI is InChI=1S/C26H44BNO5Si/c1-23(2,3)31-22(29)28-16-15-18-19(17-30-34(11,12)24(4,5)6)20(13-14-21(18)28)27-32-25(7,8)26(9,10)33-27/h13-14H,15-17H2,1-12H3. The van der Waals surface area contributed by atoms with Crippen molar-refractivity contribution < 1.29 is 23.3 Å². The van der Waals surface area contributed by atoms with Crippen LogP contribution in [0.3, 0.4) is 0 Å². The molecular formula is C26H44BNO5Si. The van der Waals surface area contributed by atoms with Crippen LogP contribution in [0.5, 0.6) is 0 Å². The molecule has 1 aromatic rings. The van der Waals surface area contributed by atoms with Crippen molar-refractivity contribution in [1.82, 2.24) is 0 Å². The maximum absolute atomic E-state index is 12.9. The van der Waals surface area contributed by atoms with Crippen molar-refractivity contribution in [2.75, 3.05) is 11.4 Å². The maximum atomic E-state index is 12.9. The van der Waals surface area contributed by atoms with Gasteiger partial charge in [-0.25, -0.2) is 4.79 Å². The van der Waals surface area contributed by atoms with Crippen molar-refractivity contribution in [1.29, 1.82) is 0 Å². The monoisotopic (exact) mass is 489 g/mol. The van der Waals surface area contributed by atoms with Gasteiger partial charge in [0, 0.05) is 6.54 Å². The molecule has 8 heteroatoms. The average Bonchev–Trinajstić information content (AvgIpc) is 3.15. The molecule has 0 atom stereocenters. The Kier molecular flexibility index (Phi) is 6.93. The van der Waals surface area contributed by atoms with Crippen LogP contribution in [0.25, 0.3) is 0 Å². The number of benzene rings is 1. The first-order valence-corrected chi connectivity index (χ1v) is 15.3. The van der Waals surface area contributed by atoms with E-state index in [0.29, 0.717) is 13.2 Å². The molecule has 0 bridgehead atoms. The minimum Gasteiger partial charge on any atom is -0.443 e. The molecule has 0 aliphatic carbocycles. The van der Waals surface area contributed by atoms with E-state index in [1.807, 2.05) is 32.9 Å². The summed E-state index contributed by atoms with van der Waals surface area (Å²) in [6.45, 7) is 26.3. The van der Waals surface area contributed by atoms with Gasteiger partial charge in [0.2, 0.25) is 0 Å². The second kappa shape index (κ2) is 8.64. The zero-order valence-corrected chi connectivity index (χ0v) is 24.3. The van der Waals surface area contributed by atoms with Crippen LogP contribution in [0.15, 0.2) is 12.1 Å². The molecule has 6 nitrogen and oxygen atoms in total. The number of fused-ring (bicyclic) bond motifs is 1. The Labute approximate surface area is 207 Å². The van der Waals surface area contributed by atoms with E-state index in [0.717, 1.165) is 28.7 Å². The molecule has 0 spiro atoms. The smallest absolute Gasteiger partial charge is 0.443 e.